The Balaban J connectivity index is 1.51. The molecule has 0 unspecified atom stereocenters. The molecule has 3 heterocycles. The van der Waals surface area contributed by atoms with Gasteiger partial charge >= 0.3 is 0 Å². The minimum atomic E-state index is 0.0994. The van der Waals surface area contributed by atoms with Gasteiger partial charge in [0.1, 0.15) is 0 Å². The van der Waals surface area contributed by atoms with Gasteiger partial charge in [-0.15, -0.1) is 0 Å². The molecule has 1 atom stereocenters. The van der Waals surface area contributed by atoms with E-state index in [0.717, 1.165) is 38.3 Å². The summed E-state index contributed by atoms with van der Waals surface area (Å²) in [6, 6.07) is 6.79. The van der Waals surface area contributed by atoms with E-state index in [1.165, 1.54) is 25.7 Å². The number of aromatic nitrogens is 3. The molecular weight excluding hydrogens is 338 g/mol. The minimum absolute atomic E-state index is 0.0994. The SMILES string of the molecule is Cn1cc(C(=O)N2CCN(C3CCCC3)C[C@@H](Cc3ccccn3)C2)cn1. The quantitative estimate of drug-likeness (QED) is 0.833. The first kappa shape index (κ1) is 18.2. The molecule has 27 heavy (non-hydrogen) atoms. The van der Waals surface area contributed by atoms with E-state index in [-0.39, 0.29) is 5.91 Å². The number of nitrogens with zero attached hydrogens (tertiary/aromatic N) is 5. The van der Waals surface area contributed by atoms with Crippen molar-refractivity contribution in [3.8, 4) is 0 Å². The minimum Gasteiger partial charge on any atom is -0.337 e. The van der Waals surface area contributed by atoms with Crippen LogP contribution in [0, 0.1) is 5.92 Å². The number of hydrogen-bond acceptors (Lipinski definition) is 4. The van der Waals surface area contributed by atoms with Crippen molar-refractivity contribution in [1.29, 1.82) is 0 Å². The van der Waals surface area contributed by atoms with Crippen LogP contribution in [0.15, 0.2) is 36.8 Å². The second-order valence-corrected chi connectivity index (χ2v) is 7.98. The Morgan fingerprint density at radius 2 is 2.04 bits per heavy atom. The van der Waals surface area contributed by atoms with E-state index in [1.54, 1.807) is 10.9 Å². The summed E-state index contributed by atoms with van der Waals surface area (Å²) in [6.07, 6.45) is 11.5. The second kappa shape index (κ2) is 8.21. The van der Waals surface area contributed by atoms with Crippen LogP contribution in [0.2, 0.25) is 0 Å². The first-order valence-electron chi connectivity index (χ1n) is 10.1. The number of carbonyl (C=O) groups excluding carboxylic acids is 1. The van der Waals surface area contributed by atoms with Crippen LogP contribution in [0.1, 0.15) is 41.7 Å². The molecule has 2 aromatic heterocycles. The maximum absolute atomic E-state index is 13.0. The number of aryl methyl sites for hydroxylation is 1. The summed E-state index contributed by atoms with van der Waals surface area (Å²) in [5.41, 5.74) is 1.80. The Morgan fingerprint density at radius 3 is 2.74 bits per heavy atom. The van der Waals surface area contributed by atoms with Gasteiger partial charge < -0.3 is 4.90 Å². The smallest absolute Gasteiger partial charge is 0.257 e. The zero-order valence-electron chi connectivity index (χ0n) is 16.1. The molecule has 1 aliphatic heterocycles. The molecule has 1 saturated heterocycles. The van der Waals surface area contributed by atoms with Gasteiger partial charge in [0, 0.05) is 57.4 Å². The molecule has 0 aromatic carbocycles. The van der Waals surface area contributed by atoms with Gasteiger partial charge in [-0.05, 0) is 37.3 Å². The number of pyridine rings is 1. The summed E-state index contributed by atoms with van der Waals surface area (Å²) in [7, 11) is 1.85. The van der Waals surface area contributed by atoms with Crippen LogP contribution >= 0.6 is 0 Å². The Labute approximate surface area is 161 Å². The average molecular weight is 367 g/mol. The van der Waals surface area contributed by atoms with Gasteiger partial charge in [-0.25, -0.2) is 0 Å². The highest BCUT2D eigenvalue weighted by atomic mass is 16.2. The highest BCUT2D eigenvalue weighted by molar-refractivity contribution is 5.93. The second-order valence-electron chi connectivity index (χ2n) is 7.98. The van der Waals surface area contributed by atoms with Crippen LogP contribution in [0.3, 0.4) is 0 Å². The molecule has 0 N–H and O–H groups in total. The number of amides is 1. The van der Waals surface area contributed by atoms with Gasteiger partial charge in [-0.1, -0.05) is 18.9 Å². The van der Waals surface area contributed by atoms with E-state index in [4.69, 9.17) is 0 Å². The summed E-state index contributed by atoms with van der Waals surface area (Å²) < 4.78 is 1.70. The molecule has 0 radical (unpaired) electrons. The largest absolute Gasteiger partial charge is 0.337 e. The third kappa shape index (κ3) is 4.38. The molecule has 2 aromatic rings. The van der Waals surface area contributed by atoms with Crippen molar-refractivity contribution in [1.82, 2.24) is 24.6 Å². The monoisotopic (exact) mass is 367 g/mol. The first-order valence-corrected chi connectivity index (χ1v) is 10.1. The maximum atomic E-state index is 13.0. The molecule has 144 valence electrons. The molecule has 0 bridgehead atoms. The Morgan fingerprint density at radius 1 is 1.19 bits per heavy atom. The summed E-state index contributed by atoms with van der Waals surface area (Å²) in [4.78, 5) is 22.2. The lowest BCUT2D eigenvalue weighted by molar-refractivity contribution is 0.0744. The van der Waals surface area contributed by atoms with Gasteiger partial charge in [-0.3, -0.25) is 19.4 Å². The van der Waals surface area contributed by atoms with Gasteiger partial charge in [0.15, 0.2) is 0 Å². The third-order valence-electron chi connectivity index (χ3n) is 5.93. The number of carbonyl (C=O) groups is 1. The fraction of sp³-hybridized carbons (Fsp3) is 0.571. The molecule has 1 saturated carbocycles. The van der Waals surface area contributed by atoms with E-state index >= 15 is 0 Å². The molecule has 2 aliphatic rings. The molecule has 0 spiro atoms. The zero-order chi connectivity index (χ0) is 18.6. The van der Waals surface area contributed by atoms with Crippen molar-refractivity contribution in [2.24, 2.45) is 13.0 Å². The number of hydrogen-bond donors (Lipinski definition) is 0. The molecular formula is C21H29N5O. The van der Waals surface area contributed by atoms with E-state index < -0.39 is 0 Å². The topological polar surface area (TPSA) is 54.3 Å². The predicted molar refractivity (Wildman–Crippen MR) is 104 cm³/mol. The summed E-state index contributed by atoms with van der Waals surface area (Å²) in [5, 5.41) is 4.17. The Kier molecular flexibility index (Phi) is 5.53. The van der Waals surface area contributed by atoms with Crippen LogP contribution < -0.4 is 0 Å². The Bertz CT molecular complexity index is 753. The van der Waals surface area contributed by atoms with Crippen molar-refractivity contribution in [2.45, 2.75) is 38.1 Å². The van der Waals surface area contributed by atoms with E-state index in [2.05, 4.69) is 21.0 Å². The third-order valence-corrected chi connectivity index (χ3v) is 5.93. The van der Waals surface area contributed by atoms with Gasteiger partial charge in [-0.2, -0.15) is 5.10 Å². The summed E-state index contributed by atoms with van der Waals surface area (Å²) >= 11 is 0. The Hall–Kier alpha value is -2.21. The first-order chi connectivity index (χ1) is 13.2. The lowest BCUT2D eigenvalue weighted by Crippen LogP contribution is -2.38. The lowest BCUT2D eigenvalue weighted by Gasteiger charge is -2.29. The zero-order valence-corrected chi connectivity index (χ0v) is 16.1. The molecule has 2 fully saturated rings. The van der Waals surface area contributed by atoms with Gasteiger partial charge in [0.25, 0.3) is 5.91 Å². The number of rotatable bonds is 4. The highest BCUT2D eigenvalue weighted by Gasteiger charge is 2.31. The molecule has 6 heteroatoms. The maximum Gasteiger partial charge on any atom is 0.257 e. The highest BCUT2D eigenvalue weighted by Crippen LogP contribution is 2.26. The van der Waals surface area contributed by atoms with Crippen molar-refractivity contribution in [3.63, 3.8) is 0 Å². The predicted octanol–water partition coefficient (Wildman–Crippen LogP) is 2.37. The van der Waals surface area contributed by atoms with Crippen LogP contribution in [-0.4, -0.2) is 62.7 Å². The van der Waals surface area contributed by atoms with E-state index in [9.17, 15) is 4.79 Å². The standard InChI is InChI=1S/C21H29N5O/c1-24-16-18(13-23-24)21(27)26-11-10-25(20-7-2-3-8-20)14-17(15-26)12-19-6-4-5-9-22-19/h4-6,9,13,16-17,20H,2-3,7-8,10-12,14-15H2,1H3/t17-/m1/s1. The average Bonchev–Trinajstić information content (AvgIpc) is 3.32. The van der Waals surface area contributed by atoms with Crippen LogP contribution in [0.25, 0.3) is 0 Å². The lowest BCUT2D eigenvalue weighted by atomic mass is 10.0. The molecule has 1 aliphatic carbocycles. The van der Waals surface area contributed by atoms with E-state index in [0.29, 0.717) is 17.5 Å². The van der Waals surface area contributed by atoms with Crippen molar-refractivity contribution >= 4 is 5.91 Å². The van der Waals surface area contributed by atoms with Gasteiger partial charge in [0.05, 0.1) is 11.8 Å². The van der Waals surface area contributed by atoms with Crippen molar-refractivity contribution in [2.75, 3.05) is 26.2 Å². The normalized spacial score (nSPS) is 22.1. The molecule has 1 amide bonds. The fourth-order valence-electron chi connectivity index (χ4n) is 4.58. The summed E-state index contributed by atoms with van der Waals surface area (Å²) in [5.74, 6) is 0.506. The van der Waals surface area contributed by atoms with Crippen LogP contribution in [0.4, 0.5) is 0 Å². The van der Waals surface area contributed by atoms with Crippen molar-refractivity contribution < 1.29 is 4.79 Å². The molecule has 4 rings (SSSR count). The van der Waals surface area contributed by atoms with Gasteiger partial charge in [0.2, 0.25) is 0 Å². The van der Waals surface area contributed by atoms with Crippen LogP contribution in [-0.2, 0) is 13.5 Å². The van der Waals surface area contributed by atoms with E-state index in [1.807, 2.05) is 36.5 Å². The summed E-state index contributed by atoms with van der Waals surface area (Å²) in [6.45, 7) is 3.60. The fourth-order valence-corrected chi connectivity index (χ4v) is 4.58. The molecule has 6 nitrogen and oxygen atoms in total. The van der Waals surface area contributed by atoms with Crippen LogP contribution in [0.5, 0.6) is 0 Å². The van der Waals surface area contributed by atoms with Crippen molar-refractivity contribution in [3.05, 3.63) is 48.0 Å².